The third-order valence-electron chi connectivity index (χ3n) is 18.2. The van der Waals surface area contributed by atoms with Gasteiger partial charge in [0.2, 0.25) is 0 Å². The van der Waals surface area contributed by atoms with Crippen molar-refractivity contribution in [1.29, 1.82) is 0 Å². The van der Waals surface area contributed by atoms with Crippen molar-refractivity contribution >= 4 is 39.5 Å². The first kappa shape index (κ1) is 95.1. The molecule has 0 radical (unpaired) electrons. The van der Waals surface area contributed by atoms with Crippen LogP contribution < -0.4 is 0 Å². The van der Waals surface area contributed by atoms with E-state index in [1.54, 1.807) is 0 Å². The second-order valence-corrected chi connectivity index (χ2v) is 32.0. The van der Waals surface area contributed by atoms with Crippen molar-refractivity contribution in [2.24, 2.45) is 11.8 Å². The molecule has 0 aliphatic heterocycles. The van der Waals surface area contributed by atoms with Crippen LogP contribution in [0.1, 0.15) is 408 Å². The monoisotopic (exact) mass is 1420 g/mol. The lowest BCUT2D eigenvalue weighted by Crippen LogP contribution is -2.30. The topological polar surface area (TPSA) is 237 Å². The molecule has 2 unspecified atom stereocenters. The van der Waals surface area contributed by atoms with Crippen LogP contribution in [0.5, 0.6) is 0 Å². The second kappa shape index (κ2) is 69.8. The Morgan fingerprint density at radius 1 is 0.278 bits per heavy atom. The molecule has 0 aromatic heterocycles. The fourth-order valence-electron chi connectivity index (χ4n) is 12.0. The van der Waals surface area contributed by atoms with E-state index in [2.05, 4.69) is 41.5 Å². The average Bonchev–Trinajstić information content (AvgIpc) is 3.62. The molecule has 5 atom stereocenters. The van der Waals surface area contributed by atoms with Gasteiger partial charge in [-0.15, -0.1) is 0 Å². The standard InChI is InChI=1S/C78H152O17P2/c1-7-9-11-13-15-17-19-21-23-24-25-27-29-35-39-43-51-57-62-77(82)94-73(66-88-75(80)60-54-48-41-37-33-31-30-32-36-40-46-52-58-70(3)4)68-92-96(84,85)90-64-72(79)65-91-97(86,87)93-69-74(67-89-76(81)61-55-49-45-44-47-53-59-71(5)6)95-78(83)63-56-50-42-38-34-28-26-22-20-18-16-14-12-10-8-2/h70-74,79H,7-69H2,1-6H3,(H,84,85)(H,86,87)/t72-,73-,74-/m1/s1. The van der Waals surface area contributed by atoms with Crippen LogP contribution in [0.15, 0.2) is 0 Å². The molecule has 0 aromatic rings. The zero-order chi connectivity index (χ0) is 71.4. The molecule has 0 bridgehead atoms. The second-order valence-electron chi connectivity index (χ2n) is 29.1. The van der Waals surface area contributed by atoms with Crippen molar-refractivity contribution in [2.45, 2.75) is 426 Å². The molecule has 0 saturated carbocycles. The fraction of sp³-hybridized carbons (Fsp3) is 0.949. The lowest BCUT2D eigenvalue weighted by atomic mass is 10.0. The van der Waals surface area contributed by atoms with E-state index in [1.807, 2.05) is 0 Å². The van der Waals surface area contributed by atoms with E-state index in [1.165, 1.54) is 218 Å². The number of unbranched alkanes of at least 4 members (excludes halogenated alkanes) is 47. The minimum Gasteiger partial charge on any atom is -0.462 e. The van der Waals surface area contributed by atoms with Crippen molar-refractivity contribution < 1.29 is 80.2 Å². The Bertz CT molecular complexity index is 1870. The summed E-state index contributed by atoms with van der Waals surface area (Å²) in [5, 5.41) is 10.6. The molecule has 0 aromatic carbocycles. The van der Waals surface area contributed by atoms with Gasteiger partial charge in [-0.3, -0.25) is 37.3 Å². The summed E-state index contributed by atoms with van der Waals surface area (Å²) < 4.78 is 68.6. The van der Waals surface area contributed by atoms with E-state index in [0.29, 0.717) is 31.6 Å². The highest BCUT2D eigenvalue weighted by molar-refractivity contribution is 7.47. The number of phosphoric ester groups is 2. The van der Waals surface area contributed by atoms with E-state index in [9.17, 15) is 43.2 Å². The van der Waals surface area contributed by atoms with E-state index in [-0.39, 0.29) is 25.7 Å². The fourth-order valence-corrected chi connectivity index (χ4v) is 13.6. The Hall–Kier alpha value is -1.94. The SMILES string of the molecule is CCCCCCCCCCCCCCCCCCCCC(=O)O[C@H](COC(=O)CCCCCCCCCCCCCCC(C)C)COP(=O)(O)OC[C@@H](O)COP(=O)(O)OC[C@@H](COC(=O)CCCCCCCCC(C)C)OC(=O)CCCCCCCCCCCCCCCCC. The van der Waals surface area contributed by atoms with Crippen molar-refractivity contribution in [1.82, 2.24) is 0 Å². The van der Waals surface area contributed by atoms with E-state index >= 15 is 0 Å². The van der Waals surface area contributed by atoms with Crippen molar-refractivity contribution in [3.05, 3.63) is 0 Å². The smallest absolute Gasteiger partial charge is 0.462 e. The number of carbonyl (C=O) groups is 4. The van der Waals surface area contributed by atoms with Gasteiger partial charge in [-0.2, -0.15) is 0 Å². The number of hydrogen-bond acceptors (Lipinski definition) is 15. The Kier molecular flexibility index (Phi) is 68.4. The number of rotatable bonds is 77. The summed E-state index contributed by atoms with van der Waals surface area (Å²) in [4.78, 5) is 72.9. The maximum absolute atomic E-state index is 13.1. The summed E-state index contributed by atoms with van der Waals surface area (Å²) >= 11 is 0. The highest BCUT2D eigenvalue weighted by Gasteiger charge is 2.30. The summed E-state index contributed by atoms with van der Waals surface area (Å²) in [5.41, 5.74) is 0. The number of aliphatic hydroxyl groups excluding tert-OH is 1. The van der Waals surface area contributed by atoms with Gasteiger partial charge in [0, 0.05) is 25.7 Å². The summed E-state index contributed by atoms with van der Waals surface area (Å²) in [6.45, 7) is 9.55. The molecule has 576 valence electrons. The van der Waals surface area contributed by atoms with Crippen LogP contribution >= 0.6 is 15.6 Å². The largest absolute Gasteiger partial charge is 0.472 e. The number of ether oxygens (including phenoxy) is 4. The third kappa shape index (κ3) is 72.2. The van der Waals surface area contributed by atoms with Crippen LogP contribution in [-0.2, 0) is 65.4 Å². The molecule has 17 nitrogen and oxygen atoms in total. The zero-order valence-corrected chi connectivity index (χ0v) is 65.2. The summed E-state index contributed by atoms with van der Waals surface area (Å²) in [5.74, 6) is -0.652. The minimum absolute atomic E-state index is 0.107. The highest BCUT2D eigenvalue weighted by Crippen LogP contribution is 2.45. The predicted octanol–water partition coefficient (Wildman–Crippen LogP) is 23.1. The van der Waals surface area contributed by atoms with E-state index < -0.39 is 97.5 Å². The van der Waals surface area contributed by atoms with Crippen molar-refractivity contribution in [2.75, 3.05) is 39.6 Å². The maximum atomic E-state index is 13.1. The van der Waals surface area contributed by atoms with Gasteiger partial charge in [-0.1, -0.05) is 356 Å². The van der Waals surface area contributed by atoms with Crippen LogP contribution in [0.4, 0.5) is 0 Å². The first-order valence-corrected chi connectivity index (χ1v) is 43.5. The van der Waals surface area contributed by atoms with Gasteiger partial charge in [-0.05, 0) is 37.5 Å². The normalized spacial score (nSPS) is 14.0. The van der Waals surface area contributed by atoms with E-state index in [4.69, 9.17) is 37.0 Å². The molecule has 0 aliphatic carbocycles. The van der Waals surface area contributed by atoms with Gasteiger partial charge in [0.15, 0.2) is 12.2 Å². The molecule has 0 spiro atoms. The Balaban J connectivity index is 5.23. The van der Waals surface area contributed by atoms with Gasteiger partial charge >= 0.3 is 39.5 Å². The number of aliphatic hydroxyl groups is 1. The highest BCUT2D eigenvalue weighted by atomic mass is 31.2. The molecule has 0 rings (SSSR count). The van der Waals surface area contributed by atoms with Crippen LogP contribution in [0, 0.1) is 11.8 Å². The van der Waals surface area contributed by atoms with Gasteiger partial charge < -0.3 is 33.8 Å². The molecule has 0 aliphatic rings. The van der Waals surface area contributed by atoms with Crippen molar-refractivity contribution in [3.63, 3.8) is 0 Å². The molecule has 0 heterocycles. The van der Waals surface area contributed by atoms with Gasteiger partial charge in [0.1, 0.15) is 19.3 Å². The lowest BCUT2D eigenvalue weighted by Gasteiger charge is -2.21. The van der Waals surface area contributed by atoms with Crippen LogP contribution in [0.2, 0.25) is 0 Å². The molecule has 3 N–H and O–H groups in total. The maximum Gasteiger partial charge on any atom is 0.472 e. The quantitative estimate of drug-likeness (QED) is 0.0222. The van der Waals surface area contributed by atoms with Crippen LogP contribution in [-0.4, -0.2) is 96.7 Å². The summed E-state index contributed by atoms with van der Waals surface area (Å²) in [6.07, 6.45) is 58.4. The first-order chi connectivity index (χ1) is 46.9. The molecular formula is C78H152O17P2. The molecule has 0 amide bonds. The number of esters is 4. The zero-order valence-electron chi connectivity index (χ0n) is 63.4. The molecule has 0 saturated heterocycles. The first-order valence-electron chi connectivity index (χ1n) is 40.5. The number of carbonyl (C=O) groups excluding carboxylic acids is 4. The van der Waals surface area contributed by atoms with Crippen molar-refractivity contribution in [3.8, 4) is 0 Å². The third-order valence-corrected chi connectivity index (χ3v) is 20.1. The Morgan fingerprint density at radius 3 is 0.701 bits per heavy atom. The molecule has 97 heavy (non-hydrogen) atoms. The predicted molar refractivity (Wildman–Crippen MR) is 395 cm³/mol. The van der Waals surface area contributed by atoms with Gasteiger partial charge in [0.05, 0.1) is 26.4 Å². The summed E-state index contributed by atoms with van der Waals surface area (Å²) in [6, 6.07) is 0. The number of phosphoric acid groups is 2. The van der Waals surface area contributed by atoms with Crippen LogP contribution in [0.25, 0.3) is 0 Å². The lowest BCUT2D eigenvalue weighted by molar-refractivity contribution is -0.161. The average molecular weight is 1420 g/mol. The van der Waals surface area contributed by atoms with Gasteiger partial charge in [-0.25, -0.2) is 9.13 Å². The number of hydrogen-bond donors (Lipinski definition) is 3. The Labute approximate surface area is 594 Å². The minimum atomic E-state index is -4.96. The summed E-state index contributed by atoms with van der Waals surface area (Å²) in [7, 11) is -9.91. The molecule has 0 fully saturated rings. The van der Waals surface area contributed by atoms with Gasteiger partial charge in [0.25, 0.3) is 0 Å². The Morgan fingerprint density at radius 2 is 0.474 bits per heavy atom. The molecular weight excluding hydrogens is 1270 g/mol. The molecule has 19 heteroatoms. The van der Waals surface area contributed by atoms with E-state index in [0.717, 1.165) is 102 Å². The van der Waals surface area contributed by atoms with Crippen LogP contribution in [0.3, 0.4) is 0 Å².